The van der Waals surface area contributed by atoms with Crippen molar-refractivity contribution < 1.29 is 4.74 Å². The maximum absolute atomic E-state index is 6.18. The quantitative estimate of drug-likeness (QED) is 0.518. The van der Waals surface area contributed by atoms with Crippen LogP contribution >= 0.6 is 0 Å². The molecule has 0 aliphatic rings. The molecule has 0 heterocycles. The van der Waals surface area contributed by atoms with Gasteiger partial charge in [0.05, 0.1) is 5.76 Å². The van der Waals surface area contributed by atoms with Crippen LogP contribution in [0, 0.1) is 17.8 Å². The number of benzene rings is 2. The van der Waals surface area contributed by atoms with Gasteiger partial charge in [-0.3, -0.25) is 0 Å². The molecule has 0 fully saturated rings. The van der Waals surface area contributed by atoms with Gasteiger partial charge in [-0.1, -0.05) is 77.6 Å². The predicted molar refractivity (Wildman–Crippen MR) is 105 cm³/mol. The maximum Gasteiger partial charge on any atom is 0.113 e. The van der Waals surface area contributed by atoms with Gasteiger partial charge in [0.15, 0.2) is 0 Å². The van der Waals surface area contributed by atoms with Crippen molar-refractivity contribution in [3.8, 4) is 0 Å². The molecule has 1 nitrogen and oxygen atoms in total. The smallest absolute Gasteiger partial charge is 0.113 e. The van der Waals surface area contributed by atoms with Gasteiger partial charge in [0, 0.05) is 5.41 Å². The first kappa shape index (κ1) is 18.6. The molecule has 2 rings (SSSR count). The fourth-order valence-electron chi connectivity index (χ4n) is 3.57. The van der Waals surface area contributed by atoms with Gasteiger partial charge < -0.3 is 4.74 Å². The number of ether oxygens (including phenoxy) is 1. The van der Waals surface area contributed by atoms with Gasteiger partial charge in [0.1, 0.15) is 6.61 Å². The van der Waals surface area contributed by atoms with E-state index in [1.165, 1.54) is 21.9 Å². The monoisotopic (exact) mass is 324 g/mol. The summed E-state index contributed by atoms with van der Waals surface area (Å²) >= 11 is 0. The fraction of sp³-hybridized carbons (Fsp3) is 0.478. The lowest BCUT2D eigenvalue weighted by molar-refractivity contribution is 0.0921. The molecule has 1 heteroatoms. The highest BCUT2D eigenvalue weighted by molar-refractivity contribution is 5.88. The van der Waals surface area contributed by atoms with Crippen molar-refractivity contribution in [3.63, 3.8) is 0 Å². The van der Waals surface area contributed by atoms with Crippen LogP contribution in [0.15, 0.2) is 48.7 Å². The summed E-state index contributed by atoms with van der Waals surface area (Å²) in [5.74, 6) is 0.907. The highest BCUT2D eigenvalue weighted by Crippen LogP contribution is 2.42. The van der Waals surface area contributed by atoms with Gasteiger partial charge >= 0.3 is 0 Å². The standard InChI is InChI=1S/C23H32O/c1-8-23(7,16-22(4,5)6)18(3)24-15-19-14-13-17(2)20-11-9-10-12-21(19)20/h9-14H,3,8,15-16H2,1-2,4-7H3. The second-order valence-corrected chi connectivity index (χ2v) is 8.45. The molecule has 0 radical (unpaired) electrons. The van der Waals surface area contributed by atoms with Crippen LogP contribution in [0.1, 0.15) is 58.6 Å². The van der Waals surface area contributed by atoms with Crippen molar-refractivity contribution in [2.75, 3.05) is 0 Å². The lowest BCUT2D eigenvalue weighted by Gasteiger charge is -2.36. The third-order valence-corrected chi connectivity index (χ3v) is 5.01. The highest BCUT2D eigenvalue weighted by atomic mass is 16.5. The van der Waals surface area contributed by atoms with Crippen LogP contribution in [0.5, 0.6) is 0 Å². The molecule has 130 valence electrons. The molecule has 0 saturated carbocycles. The van der Waals surface area contributed by atoms with E-state index in [0.717, 1.165) is 18.6 Å². The third-order valence-electron chi connectivity index (χ3n) is 5.01. The van der Waals surface area contributed by atoms with Gasteiger partial charge in [0.25, 0.3) is 0 Å². The van der Waals surface area contributed by atoms with Crippen LogP contribution < -0.4 is 0 Å². The molecular formula is C23H32O. The number of hydrogen-bond acceptors (Lipinski definition) is 1. The zero-order valence-electron chi connectivity index (χ0n) is 16.2. The Hall–Kier alpha value is -1.76. The summed E-state index contributed by atoms with van der Waals surface area (Å²) in [6, 6.07) is 12.9. The summed E-state index contributed by atoms with van der Waals surface area (Å²) < 4.78 is 6.18. The minimum atomic E-state index is 0.0126. The molecule has 0 N–H and O–H groups in total. The zero-order valence-corrected chi connectivity index (χ0v) is 16.2. The lowest BCUT2D eigenvalue weighted by Crippen LogP contribution is -2.26. The molecule has 0 aliphatic heterocycles. The molecule has 0 aromatic heterocycles. The van der Waals surface area contributed by atoms with Crippen molar-refractivity contribution >= 4 is 10.8 Å². The Morgan fingerprint density at radius 2 is 1.62 bits per heavy atom. The minimum absolute atomic E-state index is 0.0126. The summed E-state index contributed by atoms with van der Waals surface area (Å²) in [4.78, 5) is 0. The van der Waals surface area contributed by atoms with Crippen LogP contribution in [-0.2, 0) is 11.3 Å². The molecule has 0 amide bonds. The number of allylic oxidation sites excluding steroid dienone is 1. The van der Waals surface area contributed by atoms with E-state index in [1.807, 2.05) is 0 Å². The van der Waals surface area contributed by atoms with Gasteiger partial charge in [-0.2, -0.15) is 0 Å². The molecular weight excluding hydrogens is 292 g/mol. The van der Waals surface area contributed by atoms with Crippen molar-refractivity contribution in [1.29, 1.82) is 0 Å². The molecule has 0 aliphatic carbocycles. The third kappa shape index (κ3) is 4.20. The molecule has 1 unspecified atom stereocenters. The summed E-state index contributed by atoms with van der Waals surface area (Å²) in [6.07, 6.45) is 2.11. The Morgan fingerprint density at radius 3 is 2.21 bits per heavy atom. The van der Waals surface area contributed by atoms with E-state index in [4.69, 9.17) is 4.74 Å². The Morgan fingerprint density at radius 1 is 1.00 bits per heavy atom. The van der Waals surface area contributed by atoms with Crippen LogP contribution in [-0.4, -0.2) is 0 Å². The molecule has 24 heavy (non-hydrogen) atoms. The summed E-state index contributed by atoms with van der Waals surface area (Å²) in [7, 11) is 0. The topological polar surface area (TPSA) is 9.23 Å². The van der Waals surface area contributed by atoms with Crippen molar-refractivity contribution in [2.45, 2.75) is 61.0 Å². The van der Waals surface area contributed by atoms with Crippen LogP contribution in [0.2, 0.25) is 0 Å². The van der Waals surface area contributed by atoms with E-state index in [2.05, 4.69) is 84.5 Å². The Bertz CT molecular complexity index is 720. The largest absolute Gasteiger partial charge is 0.493 e. The minimum Gasteiger partial charge on any atom is -0.493 e. The first-order chi connectivity index (χ1) is 11.2. The summed E-state index contributed by atoms with van der Waals surface area (Å²) in [6.45, 7) is 18.3. The van der Waals surface area contributed by atoms with Crippen molar-refractivity contribution in [1.82, 2.24) is 0 Å². The predicted octanol–water partition coefficient (Wildman–Crippen LogP) is 7.03. The Kier molecular flexibility index (Phi) is 5.42. The summed E-state index contributed by atoms with van der Waals surface area (Å²) in [5.41, 5.74) is 2.80. The normalized spacial score (nSPS) is 14.4. The second kappa shape index (κ2) is 7.01. The highest BCUT2D eigenvalue weighted by Gasteiger charge is 2.32. The van der Waals surface area contributed by atoms with E-state index < -0.39 is 0 Å². The van der Waals surface area contributed by atoms with Crippen molar-refractivity contribution in [3.05, 3.63) is 59.9 Å². The van der Waals surface area contributed by atoms with E-state index in [0.29, 0.717) is 6.61 Å². The van der Waals surface area contributed by atoms with Crippen LogP contribution in [0.4, 0.5) is 0 Å². The van der Waals surface area contributed by atoms with Crippen molar-refractivity contribution in [2.24, 2.45) is 10.8 Å². The van der Waals surface area contributed by atoms with Gasteiger partial charge in [-0.05, 0) is 47.1 Å². The average Bonchev–Trinajstić information content (AvgIpc) is 2.52. The number of rotatable bonds is 6. The Balaban J connectivity index is 2.19. The van der Waals surface area contributed by atoms with Crippen LogP contribution in [0.25, 0.3) is 10.8 Å². The van der Waals surface area contributed by atoms with Gasteiger partial charge in [0.2, 0.25) is 0 Å². The lowest BCUT2D eigenvalue weighted by atomic mass is 9.72. The molecule has 0 saturated heterocycles. The summed E-state index contributed by atoms with van der Waals surface area (Å²) in [5, 5.41) is 2.58. The first-order valence-electron chi connectivity index (χ1n) is 8.96. The van der Waals surface area contributed by atoms with E-state index in [1.54, 1.807) is 0 Å². The zero-order chi connectivity index (χ0) is 18.0. The van der Waals surface area contributed by atoms with Crippen LogP contribution in [0.3, 0.4) is 0 Å². The SMILES string of the molecule is C=C(OCc1ccc(C)c2ccccc12)C(C)(CC)CC(C)(C)C. The average molecular weight is 325 g/mol. The maximum atomic E-state index is 6.18. The van der Waals surface area contributed by atoms with Gasteiger partial charge in [-0.15, -0.1) is 0 Å². The Labute approximate surface area is 147 Å². The number of aryl methyl sites for hydroxylation is 1. The first-order valence-corrected chi connectivity index (χ1v) is 8.96. The van der Waals surface area contributed by atoms with E-state index in [9.17, 15) is 0 Å². The number of hydrogen-bond donors (Lipinski definition) is 0. The fourth-order valence-corrected chi connectivity index (χ4v) is 3.57. The van der Waals surface area contributed by atoms with E-state index >= 15 is 0 Å². The molecule has 2 aromatic carbocycles. The second-order valence-electron chi connectivity index (χ2n) is 8.45. The van der Waals surface area contributed by atoms with E-state index in [-0.39, 0.29) is 10.8 Å². The molecule has 0 spiro atoms. The number of fused-ring (bicyclic) bond motifs is 1. The molecule has 2 aromatic rings. The molecule has 0 bridgehead atoms. The van der Waals surface area contributed by atoms with Gasteiger partial charge in [-0.25, -0.2) is 0 Å². The molecule has 1 atom stereocenters.